The smallest absolute Gasteiger partial charge is 0.244 e. The molecule has 0 aromatic carbocycles. The number of rotatable bonds is 4. The van der Waals surface area contributed by atoms with Gasteiger partial charge in [0.15, 0.2) is 0 Å². The van der Waals surface area contributed by atoms with Crippen LogP contribution in [0.1, 0.15) is 12.6 Å². The molecular weight excluding hydrogens is 282 g/mol. The van der Waals surface area contributed by atoms with Crippen molar-refractivity contribution in [2.75, 3.05) is 19.7 Å². The van der Waals surface area contributed by atoms with Gasteiger partial charge in [0.1, 0.15) is 4.90 Å². The van der Waals surface area contributed by atoms with E-state index >= 15 is 0 Å². The summed E-state index contributed by atoms with van der Waals surface area (Å²) in [5.41, 5.74) is 6.07. The second kappa shape index (κ2) is 6.15. The third kappa shape index (κ3) is 3.15. The fourth-order valence-corrected chi connectivity index (χ4v) is 3.63. The third-order valence-corrected chi connectivity index (χ3v) is 4.96. The number of hydrogen-bond donors (Lipinski definition) is 2. The van der Waals surface area contributed by atoms with Gasteiger partial charge in [-0.15, -0.1) is 0 Å². The molecule has 8 heteroatoms. The number of aromatic nitrogens is 1. The van der Waals surface area contributed by atoms with Gasteiger partial charge < -0.3 is 15.6 Å². The van der Waals surface area contributed by atoms with Gasteiger partial charge in [-0.2, -0.15) is 4.31 Å². The Morgan fingerprint density at radius 2 is 2.25 bits per heavy atom. The zero-order chi connectivity index (χ0) is 14.8. The lowest BCUT2D eigenvalue weighted by atomic mass is 10.2. The molecular formula is C12H19N3O4S. The number of ether oxygens (including phenoxy) is 1. The standard InChI is InChI=1S/C12H19N3O4S/c1-9-6-15(7-11(8-16)19-9)20(17,18)12-3-2-10(4-13)14-5-12/h2-3,5,9,11,16H,4,6-8,13H2,1H3. The average Bonchev–Trinajstić information content (AvgIpc) is 2.46. The van der Waals surface area contributed by atoms with Crippen LogP contribution in [0, 0.1) is 0 Å². The Morgan fingerprint density at radius 1 is 1.50 bits per heavy atom. The molecule has 1 saturated heterocycles. The van der Waals surface area contributed by atoms with Crippen molar-refractivity contribution in [3.05, 3.63) is 24.0 Å². The highest BCUT2D eigenvalue weighted by Gasteiger charge is 2.33. The van der Waals surface area contributed by atoms with Crippen molar-refractivity contribution in [3.8, 4) is 0 Å². The largest absolute Gasteiger partial charge is 0.394 e. The van der Waals surface area contributed by atoms with E-state index in [1.165, 1.54) is 16.6 Å². The Labute approximate surface area is 118 Å². The lowest BCUT2D eigenvalue weighted by Crippen LogP contribution is -2.50. The van der Waals surface area contributed by atoms with Crippen molar-refractivity contribution in [2.45, 2.75) is 30.6 Å². The second-order valence-corrected chi connectivity index (χ2v) is 6.70. The number of sulfonamides is 1. The van der Waals surface area contributed by atoms with Crippen molar-refractivity contribution in [2.24, 2.45) is 5.73 Å². The fraction of sp³-hybridized carbons (Fsp3) is 0.583. The second-order valence-electron chi connectivity index (χ2n) is 4.76. The molecule has 7 nitrogen and oxygen atoms in total. The van der Waals surface area contributed by atoms with Crippen LogP contribution < -0.4 is 5.73 Å². The summed E-state index contributed by atoms with van der Waals surface area (Å²) < 4.78 is 31.8. The summed E-state index contributed by atoms with van der Waals surface area (Å²) in [5.74, 6) is 0. The minimum atomic E-state index is -3.62. The Bertz CT molecular complexity index is 546. The van der Waals surface area contributed by atoms with Gasteiger partial charge >= 0.3 is 0 Å². The molecule has 112 valence electrons. The van der Waals surface area contributed by atoms with Gasteiger partial charge in [-0.1, -0.05) is 0 Å². The SMILES string of the molecule is CC1CN(S(=O)(=O)c2ccc(CN)nc2)CC(CO)O1. The van der Waals surface area contributed by atoms with Crippen molar-refractivity contribution >= 4 is 10.0 Å². The Morgan fingerprint density at radius 3 is 2.80 bits per heavy atom. The van der Waals surface area contributed by atoms with E-state index in [-0.39, 0.29) is 37.2 Å². The zero-order valence-corrected chi connectivity index (χ0v) is 12.1. The summed E-state index contributed by atoms with van der Waals surface area (Å²) in [7, 11) is -3.62. The number of morpholine rings is 1. The zero-order valence-electron chi connectivity index (χ0n) is 11.3. The van der Waals surface area contributed by atoms with Crippen LogP contribution in [0.4, 0.5) is 0 Å². The van der Waals surface area contributed by atoms with E-state index < -0.39 is 16.1 Å². The van der Waals surface area contributed by atoms with Gasteiger partial charge in [0.2, 0.25) is 10.0 Å². The summed E-state index contributed by atoms with van der Waals surface area (Å²) in [6, 6.07) is 3.10. The first kappa shape index (κ1) is 15.3. The van der Waals surface area contributed by atoms with Gasteiger partial charge in [-0.05, 0) is 19.1 Å². The van der Waals surface area contributed by atoms with Crippen molar-refractivity contribution in [3.63, 3.8) is 0 Å². The predicted octanol–water partition coefficient (Wildman–Crippen LogP) is -0.689. The van der Waals surface area contributed by atoms with Gasteiger partial charge in [0, 0.05) is 25.8 Å². The monoisotopic (exact) mass is 301 g/mol. The molecule has 2 heterocycles. The third-order valence-electron chi connectivity index (χ3n) is 3.14. The number of pyridine rings is 1. The summed E-state index contributed by atoms with van der Waals surface area (Å²) in [6.07, 6.45) is 0.558. The average molecular weight is 301 g/mol. The number of nitrogens with two attached hydrogens (primary N) is 1. The first-order valence-electron chi connectivity index (χ1n) is 6.39. The van der Waals surface area contributed by atoms with Crippen LogP contribution in [0.15, 0.2) is 23.2 Å². The van der Waals surface area contributed by atoms with Crippen molar-refractivity contribution in [1.82, 2.24) is 9.29 Å². The van der Waals surface area contributed by atoms with Crippen LogP contribution in [0.25, 0.3) is 0 Å². The van der Waals surface area contributed by atoms with Crippen molar-refractivity contribution in [1.29, 1.82) is 0 Å². The molecule has 0 spiro atoms. The number of hydrogen-bond acceptors (Lipinski definition) is 6. The molecule has 0 radical (unpaired) electrons. The number of nitrogens with zero attached hydrogens (tertiary/aromatic N) is 2. The molecule has 2 unspecified atom stereocenters. The van der Waals surface area contributed by atoms with Crippen molar-refractivity contribution < 1.29 is 18.3 Å². The van der Waals surface area contributed by atoms with E-state index in [4.69, 9.17) is 15.6 Å². The molecule has 0 saturated carbocycles. The maximum absolute atomic E-state index is 12.5. The van der Waals surface area contributed by atoms with Crippen LogP contribution in [0.5, 0.6) is 0 Å². The topological polar surface area (TPSA) is 106 Å². The van der Waals surface area contributed by atoms with E-state index in [0.29, 0.717) is 5.69 Å². The molecule has 1 aromatic heterocycles. The van der Waals surface area contributed by atoms with E-state index in [2.05, 4.69) is 4.98 Å². The van der Waals surface area contributed by atoms with Crippen LogP contribution in [0.3, 0.4) is 0 Å². The van der Waals surface area contributed by atoms with Crippen LogP contribution in [-0.4, -0.2) is 54.7 Å². The Kier molecular flexibility index (Phi) is 4.71. The Balaban J connectivity index is 2.24. The summed E-state index contributed by atoms with van der Waals surface area (Å²) in [4.78, 5) is 4.13. The van der Waals surface area contributed by atoms with Crippen LogP contribution >= 0.6 is 0 Å². The molecule has 3 N–H and O–H groups in total. The number of aliphatic hydroxyl groups is 1. The number of aliphatic hydroxyl groups excluding tert-OH is 1. The van der Waals surface area contributed by atoms with E-state index in [0.717, 1.165) is 0 Å². The van der Waals surface area contributed by atoms with Gasteiger partial charge in [0.25, 0.3) is 0 Å². The molecule has 2 rings (SSSR count). The summed E-state index contributed by atoms with van der Waals surface area (Å²) in [5, 5.41) is 9.16. The molecule has 0 bridgehead atoms. The minimum absolute atomic E-state index is 0.125. The van der Waals surface area contributed by atoms with Gasteiger partial charge in [-0.25, -0.2) is 8.42 Å². The molecule has 1 aliphatic heterocycles. The molecule has 0 amide bonds. The van der Waals surface area contributed by atoms with Crippen LogP contribution in [0.2, 0.25) is 0 Å². The molecule has 1 aliphatic rings. The van der Waals surface area contributed by atoms with Crippen LogP contribution in [-0.2, 0) is 21.3 Å². The summed E-state index contributed by atoms with van der Waals surface area (Å²) >= 11 is 0. The highest BCUT2D eigenvalue weighted by Crippen LogP contribution is 2.20. The molecule has 2 atom stereocenters. The lowest BCUT2D eigenvalue weighted by molar-refractivity contribution is -0.0750. The fourth-order valence-electron chi connectivity index (χ4n) is 2.13. The quantitative estimate of drug-likeness (QED) is 0.762. The van der Waals surface area contributed by atoms with E-state index in [1.54, 1.807) is 13.0 Å². The first-order chi connectivity index (χ1) is 9.47. The molecule has 20 heavy (non-hydrogen) atoms. The first-order valence-corrected chi connectivity index (χ1v) is 7.83. The normalized spacial score (nSPS) is 24.8. The van der Waals surface area contributed by atoms with E-state index in [1.807, 2.05) is 0 Å². The highest BCUT2D eigenvalue weighted by molar-refractivity contribution is 7.89. The van der Waals surface area contributed by atoms with Gasteiger partial charge in [-0.3, -0.25) is 4.98 Å². The molecule has 1 aromatic rings. The molecule has 0 aliphatic carbocycles. The minimum Gasteiger partial charge on any atom is -0.394 e. The summed E-state index contributed by atoms with van der Waals surface area (Å²) in [6.45, 7) is 2.24. The predicted molar refractivity (Wildman–Crippen MR) is 72.3 cm³/mol. The lowest BCUT2D eigenvalue weighted by Gasteiger charge is -2.35. The van der Waals surface area contributed by atoms with E-state index in [9.17, 15) is 8.42 Å². The Hall–Kier alpha value is -1.06. The van der Waals surface area contributed by atoms with Gasteiger partial charge in [0.05, 0.1) is 24.5 Å². The maximum Gasteiger partial charge on any atom is 0.244 e. The maximum atomic E-state index is 12.5. The highest BCUT2D eigenvalue weighted by atomic mass is 32.2. The molecule has 1 fully saturated rings.